The van der Waals surface area contributed by atoms with Gasteiger partial charge < -0.3 is 19.5 Å². The number of piperidine rings is 1. The van der Waals surface area contributed by atoms with Gasteiger partial charge in [-0.05, 0) is 94.2 Å². The second kappa shape index (κ2) is 16.1. The molecule has 0 radical (unpaired) electrons. The quantitative estimate of drug-likeness (QED) is 0.207. The molecule has 2 heterocycles. The number of nitrogens with one attached hydrogen (secondary N) is 1. The van der Waals surface area contributed by atoms with Crippen LogP contribution in [0.15, 0.2) is 24.3 Å². The van der Waals surface area contributed by atoms with E-state index in [9.17, 15) is 23.6 Å². The minimum Gasteiger partial charge on any atom is -0.496 e. The summed E-state index contributed by atoms with van der Waals surface area (Å²) in [5, 5.41) is 12.3. The van der Waals surface area contributed by atoms with Gasteiger partial charge in [-0.2, -0.15) is 5.26 Å². The van der Waals surface area contributed by atoms with E-state index in [2.05, 4.69) is 67.2 Å². The van der Waals surface area contributed by atoms with Gasteiger partial charge in [0, 0.05) is 43.5 Å². The van der Waals surface area contributed by atoms with Gasteiger partial charge >= 0.3 is 11.9 Å². The molecule has 0 amide bonds. The minimum absolute atomic E-state index is 0.0182. The van der Waals surface area contributed by atoms with Gasteiger partial charge in [0.05, 0.1) is 20.3 Å². The first-order valence-electron chi connectivity index (χ1n) is 16.7. The third-order valence-electron chi connectivity index (χ3n) is 8.92. The van der Waals surface area contributed by atoms with Crippen LogP contribution >= 0.6 is 0 Å². The fraction of sp³-hybridized carbons (Fsp3) is 0.579. The number of aryl methyl sites for hydroxylation is 1. The summed E-state index contributed by atoms with van der Waals surface area (Å²) in [4.78, 5) is 29.3. The maximum absolute atomic E-state index is 14.2. The molecule has 1 saturated heterocycles. The van der Waals surface area contributed by atoms with Crippen molar-refractivity contribution in [3.63, 3.8) is 0 Å². The molecule has 1 aromatic carbocycles. The molecule has 1 spiro atoms. The number of methoxy groups -OCH3 is 2. The predicted octanol–water partition coefficient (Wildman–Crippen LogP) is 8.20. The van der Waals surface area contributed by atoms with Crippen LogP contribution in [0.25, 0.3) is 6.08 Å². The molecule has 49 heavy (non-hydrogen) atoms. The maximum Gasteiger partial charge on any atom is 0.356 e. The molecule has 1 aliphatic heterocycles. The van der Waals surface area contributed by atoms with Crippen LogP contribution in [0.5, 0.6) is 5.75 Å². The highest BCUT2D eigenvalue weighted by Crippen LogP contribution is 2.61. The highest BCUT2D eigenvalue weighted by Gasteiger charge is 2.58. The first-order chi connectivity index (χ1) is 22.8. The summed E-state index contributed by atoms with van der Waals surface area (Å²) in [6.07, 6.45) is 5.25. The van der Waals surface area contributed by atoms with E-state index in [-0.39, 0.29) is 42.7 Å². The van der Waals surface area contributed by atoms with Crippen molar-refractivity contribution in [2.45, 2.75) is 105 Å². The number of benzene rings is 1. The topological polar surface area (TPSA) is 114 Å². The second-order valence-electron chi connectivity index (χ2n) is 14.5. The van der Waals surface area contributed by atoms with Crippen molar-refractivity contribution in [3.05, 3.63) is 57.8 Å². The van der Waals surface area contributed by atoms with Crippen molar-refractivity contribution < 1.29 is 32.6 Å². The van der Waals surface area contributed by atoms with Crippen molar-refractivity contribution in [1.29, 1.82) is 5.26 Å². The molecule has 2 aromatic rings. The van der Waals surface area contributed by atoms with Crippen molar-refractivity contribution >= 4 is 23.8 Å². The number of anilines is 1. The van der Waals surface area contributed by atoms with Crippen LogP contribution in [-0.2, 0) is 20.8 Å². The van der Waals surface area contributed by atoms with Gasteiger partial charge in [-0.1, -0.05) is 32.1 Å². The van der Waals surface area contributed by atoms with E-state index in [1.54, 1.807) is 13.2 Å². The normalized spacial score (nSPS) is 18.2. The van der Waals surface area contributed by atoms with Crippen molar-refractivity contribution in [1.82, 2.24) is 9.88 Å². The molecule has 11 heteroatoms. The highest BCUT2D eigenvalue weighted by molar-refractivity contribution is 5.87. The number of carbonyl (C=O) groups is 2. The molecule has 4 rings (SSSR count). The Kier molecular flexibility index (Phi) is 13.0. The van der Waals surface area contributed by atoms with Gasteiger partial charge in [-0.3, -0.25) is 9.69 Å². The summed E-state index contributed by atoms with van der Waals surface area (Å²) in [6, 6.07) is 7.25. The number of rotatable bonds is 9. The SMILES string of the molecule is CC(=O)OC(C)(C)C.COC(=O)c1ccc(C2CC3(CCN2Cc2c(OC)cc(C)c(C)c2/C=C\C(C)C)CC(F)(F)C3)c(NCC#N)n1. The number of alkyl halides is 2. The largest absolute Gasteiger partial charge is 0.496 e. The van der Waals surface area contributed by atoms with Crippen LogP contribution in [0.2, 0.25) is 0 Å². The lowest BCUT2D eigenvalue weighted by Gasteiger charge is -2.55. The van der Waals surface area contributed by atoms with Crippen LogP contribution in [0.3, 0.4) is 0 Å². The van der Waals surface area contributed by atoms with E-state index in [4.69, 9.17) is 14.2 Å². The van der Waals surface area contributed by atoms with Gasteiger partial charge in [0.1, 0.15) is 23.7 Å². The molecule has 1 aromatic heterocycles. The van der Waals surface area contributed by atoms with E-state index >= 15 is 0 Å². The standard InChI is InChI=1S/C32H40F2N4O3.C6H12O2/c1-20(2)7-8-23-22(4)21(3)15-28(40-5)25(23)17-38-14-11-31(18-32(33,34)19-31)16-27(38)24-9-10-26(30(39)41-6)37-29(24)36-13-12-35;1-5(7)8-6(2,3)4/h7-10,15,20,27H,11,13-14,16-19H2,1-6H3,(H,36,37);1-4H3/b8-7-;. The Morgan fingerprint density at radius 2 is 1.88 bits per heavy atom. The average Bonchev–Trinajstić information content (AvgIpc) is 2.99. The van der Waals surface area contributed by atoms with Crippen molar-refractivity contribution in [2.24, 2.45) is 11.3 Å². The lowest BCUT2D eigenvalue weighted by Crippen LogP contribution is -2.53. The van der Waals surface area contributed by atoms with E-state index in [0.717, 1.165) is 28.0 Å². The highest BCUT2D eigenvalue weighted by atomic mass is 19.3. The fourth-order valence-corrected chi connectivity index (χ4v) is 6.72. The molecule has 1 unspecified atom stereocenters. The molecule has 1 atom stereocenters. The van der Waals surface area contributed by atoms with Crippen LogP contribution in [0, 0.1) is 36.5 Å². The van der Waals surface area contributed by atoms with Crippen molar-refractivity contribution in [2.75, 3.05) is 32.6 Å². The molecular formula is C38H52F2N4O5. The van der Waals surface area contributed by atoms with Gasteiger partial charge in [0.2, 0.25) is 5.92 Å². The van der Waals surface area contributed by atoms with Crippen LogP contribution in [-0.4, -0.2) is 60.7 Å². The molecular weight excluding hydrogens is 630 g/mol. The van der Waals surface area contributed by atoms with Crippen LogP contribution in [0.1, 0.15) is 112 Å². The lowest BCUT2D eigenvalue weighted by molar-refractivity contribution is -0.186. The fourth-order valence-electron chi connectivity index (χ4n) is 6.72. The number of allylic oxidation sites excluding steroid dienone is 1. The first-order valence-corrected chi connectivity index (χ1v) is 16.7. The molecule has 2 fully saturated rings. The van der Waals surface area contributed by atoms with E-state index < -0.39 is 17.3 Å². The molecule has 1 N–H and O–H groups in total. The number of nitrogens with zero attached hydrogens (tertiary/aromatic N) is 3. The zero-order valence-electron chi connectivity index (χ0n) is 30.6. The Hall–Kier alpha value is -4.04. The average molecular weight is 683 g/mol. The second-order valence-corrected chi connectivity index (χ2v) is 14.5. The Balaban J connectivity index is 0.000000723. The van der Waals surface area contributed by atoms with Crippen LogP contribution in [0.4, 0.5) is 14.6 Å². The first kappa shape index (κ1) is 39.4. The number of ether oxygens (including phenoxy) is 3. The third kappa shape index (κ3) is 10.5. The minimum atomic E-state index is -2.65. The van der Waals surface area contributed by atoms with Gasteiger partial charge in [0.25, 0.3) is 0 Å². The molecule has 9 nitrogen and oxygen atoms in total. The van der Waals surface area contributed by atoms with E-state index in [0.29, 0.717) is 37.7 Å². The Morgan fingerprint density at radius 1 is 1.20 bits per heavy atom. The van der Waals surface area contributed by atoms with Gasteiger partial charge in [-0.15, -0.1) is 0 Å². The van der Waals surface area contributed by atoms with Crippen molar-refractivity contribution in [3.8, 4) is 11.8 Å². The number of aromatic nitrogens is 1. The summed E-state index contributed by atoms with van der Waals surface area (Å²) >= 11 is 0. The lowest BCUT2D eigenvalue weighted by atomic mass is 9.59. The number of nitriles is 1. The predicted molar refractivity (Wildman–Crippen MR) is 187 cm³/mol. The van der Waals surface area contributed by atoms with E-state index in [1.165, 1.54) is 19.6 Å². The summed E-state index contributed by atoms with van der Waals surface area (Å²) in [7, 11) is 2.95. The number of hydrogen-bond acceptors (Lipinski definition) is 9. The van der Waals surface area contributed by atoms with Gasteiger partial charge in [-0.25, -0.2) is 18.6 Å². The number of likely N-dealkylation sites (tertiary alicyclic amines) is 1. The number of halogens is 2. The zero-order chi connectivity index (χ0) is 36.7. The monoisotopic (exact) mass is 682 g/mol. The third-order valence-corrected chi connectivity index (χ3v) is 8.92. The summed E-state index contributed by atoms with van der Waals surface area (Å²) in [6.45, 7) is 16.5. The van der Waals surface area contributed by atoms with Crippen LogP contribution < -0.4 is 10.1 Å². The maximum atomic E-state index is 14.2. The zero-order valence-corrected chi connectivity index (χ0v) is 30.6. The van der Waals surface area contributed by atoms with E-state index in [1.807, 2.05) is 26.8 Å². The molecule has 0 bridgehead atoms. The molecule has 1 saturated carbocycles. The molecule has 1 aliphatic carbocycles. The smallest absolute Gasteiger partial charge is 0.356 e. The number of carbonyl (C=O) groups excluding carboxylic acids is 2. The number of esters is 2. The summed E-state index contributed by atoms with van der Waals surface area (Å²) in [5.74, 6) is -1.92. The Bertz CT molecular complexity index is 1570. The summed E-state index contributed by atoms with van der Waals surface area (Å²) < 4.78 is 43.9. The molecule has 268 valence electrons. The molecule has 2 aliphatic rings. The number of hydrogen-bond donors (Lipinski definition) is 1. The number of pyridine rings is 1. The van der Waals surface area contributed by atoms with Gasteiger partial charge in [0.15, 0.2) is 5.69 Å². The Morgan fingerprint density at radius 3 is 2.39 bits per heavy atom. The summed E-state index contributed by atoms with van der Waals surface area (Å²) in [5.41, 5.74) is 4.53. The Labute approximate surface area is 290 Å².